The minimum atomic E-state index is -5.84. The molecule has 2 aliphatic heterocycles. The summed E-state index contributed by atoms with van der Waals surface area (Å²) in [6.45, 7) is 6.45. The van der Waals surface area contributed by atoms with Gasteiger partial charge in [-0.15, -0.1) is 11.3 Å². The summed E-state index contributed by atoms with van der Waals surface area (Å²) >= 11 is 1.96. The summed E-state index contributed by atoms with van der Waals surface area (Å²) in [5.41, 5.74) is -4.01. The van der Waals surface area contributed by atoms with Crippen molar-refractivity contribution >= 4 is 21.5 Å². The minimum absolute atomic E-state index is 0.0308. The third kappa shape index (κ3) is 4.29. The summed E-state index contributed by atoms with van der Waals surface area (Å²) < 4.78 is 63.7. The molecule has 0 saturated carbocycles. The van der Waals surface area contributed by atoms with E-state index in [1.54, 1.807) is 4.88 Å². The molecular formula is C14H20F3NO4S2. The molecule has 0 amide bonds. The lowest BCUT2D eigenvalue weighted by molar-refractivity contribution is -0.0870. The van der Waals surface area contributed by atoms with Gasteiger partial charge < -0.3 is 10.1 Å². The molecule has 1 saturated heterocycles. The summed E-state index contributed by atoms with van der Waals surface area (Å²) in [4.78, 5) is 3.00. The van der Waals surface area contributed by atoms with Gasteiger partial charge in [0, 0.05) is 22.2 Å². The molecule has 2 N–H and O–H groups in total. The number of hydrogen-bond donors (Lipinski definition) is 2. The Morgan fingerprint density at radius 1 is 1.46 bits per heavy atom. The fourth-order valence-corrected chi connectivity index (χ4v) is 4.22. The van der Waals surface area contributed by atoms with Crippen LogP contribution in [0.15, 0.2) is 6.07 Å². The Kier molecular flexibility index (Phi) is 5.65. The van der Waals surface area contributed by atoms with Crippen LogP contribution in [0.1, 0.15) is 35.1 Å². The average Bonchev–Trinajstić information content (AvgIpc) is 2.79. The van der Waals surface area contributed by atoms with Crippen LogP contribution in [0.25, 0.3) is 0 Å². The highest BCUT2D eigenvalue weighted by atomic mass is 32.2. The first-order valence-corrected chi connectivity index (χ1v) is 9.71. The summed E-state index contributed by atoms with van der Waals surface area (Å²) in [7, 11) is -5.84. The van der Waals surface area contributed by atoms with Crippen LogP contribution in [0.3, 0.4) is 0 Å². The number of thiophene rings is 1. The number of fused-ring (bicyclic) bond motifs is 2. The highest BCUT2D eigenvalue weighted by Crippen LogP contribution is 2.44. The second kappa shape index (κ2) is 6.91. The van der Waals surface area contributed by atoms with Crippen molar-refractivity contribution in [3.63, 3.8) is 0 Å². The Morgan fingerprint density at radius 2 is 2.08 bits per heavy atom. The van der Waals surface area contributed by atoms with E-state index in [9.17, 15) is 13.2 Å². The van der Waals surface area contributed by atoms with Gasteiger partial charge in [-0.25, -0.2) is 0 Å². The fraction of sp³-hybridized carbons (Fsp3) is 0.714. The normalized spacial score (nSPS) is 27.3. The molecule has 1 aromatic rings. The maximum atomic E-state index is 10.7. The lowest BCUT2D eigenvalue weighted by Gasteiger charge is -2.43. The molecule has 1 aromatic heterocycles. The smallest absolute Gasteiger partial charge is 0.370 e. The molecule has 0 radical (unpaired) electrons. The standard InChI is InChI=1S/C13H19NOS.CHF3O3S/c1-9-8-13(4-5-14-9)11-7-10(2)16-12(11)3-6-15-13;2-1(3,4)8(5,6)7/h7,9,14H,3-6,8H2,1-2H3;(H,5,6,7)/t9-,13+;/m0./s1. The van der Waals surface area contributed by atoms with Gasteiger partial charge in [0.25, 0.3) is 0 Å². The number of ether oxygens (including phenoxy) is 1. The van der Waals surface area contributed by atoms with Gasteiger partial charge >= 0.3 is 15.6 Å². The van der Waals surface area contributed by atoms with E-state index < -0.39 is 15.6 Å². The number of halogens is 3. The van der Waals surface area contributed by atoms with Crippen LogP contribution in [0.5, 0.6) is 0 Å². The van der Waals surface area contributed by atoms with E-state index in [-0.39, 0.29) is 5.60 Å². The molecule has 2 atom stereocenters. The zero-order valence-corrected chi connectivity index (χ0v) is 14.9. The van der Waals surface area contributed by atoms with E-state index >= 15 is 0 Å². The number of nitrogens with one attached hydrogen (secondary N) is 1. The topological polar surface area (TPSA) is 75.6 Å². The predicted molar refractivity (Wildman–Crippen MR) is 84.7 cm³/mol. The van der Waals surface area contributed by atoms with Crippen molar-refractivity contribution in [2.45, 2.75) is 50.3 Å². The van der Waals surface area contributed by atoms with Gasteiger partial charge in [0.15, 0.2) is 0 Å². The molecule has 3 heterocycles. The van der Waals surface area contributed by atoms with Gasteiger partial charge in [-0.3, -0.25) is 4.55 Å². The molecule has 24 heavy (non-hydrogen) atoms. The molecule has 1 spiro atoms. The van der Waals surface area contributed by atoms with Crippen LogP contribution in [0, 0.1) is 6.92 Å². The molecule has 5 nitrogen and oxygen atoms in total. The number of aryl methyl sites for hydroxylation is 1. The number of rotatable bonds is 0. The van der Waals surface area contributed by atoms with Gasteiger partial charge in [0.1, 0.15) is 0 Å². The molecule has 0 aromatic carbocycles. The monoisotopic (exact) mass is 387 g/mol. The zero-order valence-electron chi connectivity index (χ0n) is 13.3. The van der Waals surface area contributed by atoms with E-state index in [4.69, 9.17) is 17.7 Å². The first-order chi connectivity index (χ1) is 10.9. The molecule has 0 aliphatic carbocycles. The van der Waals surface area contributed by atoms with Crippen LogP contribution in [-0.2, 0) is 26.9 Å². The van der Waals surface area contributed by atoms with E-state index in [0.29, 0.717) is 6.04 Å². The predicted octanol–water partition coefficient (Wildman–Crippen LogP) is 2.99. The molecule has 2 aliphatic rings. The molecule has 0 bridgehead atoms. The van der Waals surface area contributed by atoms with Crippen molar-refractivity contribution in [3.05, 3.63) is 21.4 Å². The van der Waals surface area contributed by atoms with Crippen molar-refractivity contribution in [2.75, 3.05) is 13.2 Å². The highest BCUT2D eigenvalue weighted by Gasteiger charge is 2.44. The van der Waals surface area contributed by atoms with Gasteiger partial charge in [-0.1, -0.05) is 0 Å². The summed E-state index contributed by atoms with van der Waals surface area (Å²) in [5, 5.41) is 3.51. The van der Waals surface area contributed by atoms with Crippen LogP contribution in [0.4, 0.5) is 13.2 Å². The second-order valence-corrected chi connectivity index (χ2v) is 8.77. The largest absolute Gasteiger partial charge is 0.522 e. The number of piperidine rings is 1. The average molecular weight is 387 g/mol. The maximum Gasteiger partial charge on any atom is 0.522 e. The van der Waals surface area contributed by atoms with E-state index in [1.165, 1.54) is 10.4 Å². The first-order valence-electron chi connectivity index (χ1n) is 7.45. The van der Waals surface area contributed by atoms with Crippen molar-refractivity contribution < 1.29 is 30.9 Å². The zero-order chi connectivity index (χ0) is 18.2. The van der Waals surface area contributed by atoms with Crippen LogP contribution >= 0.6 is 11.3 Å². The summed E-state index contributed by atoms with van der Waals surface area (Å²) in [6, 6.07) is 2.93. The summed E-state index contributed by atoms with van der Waals surface area (Å²) in [6.07, 6.45) is 3.36. The van der Waals surface area contributed by atoms with Crippen LogP contribution < -0.4 is 5.32 Å². The van der Waals surface area contributed by atoms with Crippen molar-refractivity contribution in [1.82, 2.24) is 5.32 Å². The molecule has 3 rings (SSSR count). The van der Waals surface area contributed by atoms with Gasteiger partial charge in [-0.2, -0.15) is 21.6 Å². The summed E-state index contributed by atoms with van der Waals surface area (Å²) in [5.74, 6) is 0. The fourth-order valence-electron chi connectivity index (χ4n) is 3.12. The Bertz CT molecular complexity index is 687. The lowest BCUT2D eigenvalue weighted by Crippen LogP contribution is -2.48. The molecule has 0 unspecified atom stereocenters. The van der Waals surface area contributed by atoms with Gasteiger partial charge in [-0.05, 0) is 44.9 Å². The Hall–Kier alpha value is -0.680. The maximum absolute atomic E-state index is 10.7. The Morgan fingerprint density at radius 3 is 2.62 bits per heavy atom. The third-order valence-electron chi connectivity index (χ3n) is 4.08. The molecule has 10 heteroatoms. The van der Waals surface area contributed by atoms with Crippen molar-refractivity contribution in [3.8, 4) is 0 Å². The van der Waals surface area contributed by atoms with E-state index in [0.717, 1.165) is 32.4 Å². The molecule has 1 fully saturated rings. The van der Waals surface area contributed by atoms with Crippen molar-refractivity contribution in [1.29, 1.82) is 0 Å². The van der Waals surface area contributed by atoms with Gasteiger partial charge in [0.05, 0.1) is 12.2 Å². The second-order valence-electron chi connectivity index (χ2n) is 6.02. The third-order valence-corrected chi connectivity index (χ3v) is 5.78. The Balaban J connectivity index is 0.000000224. The Labute approximate surface area is 143 Å². The van der Waals surface area contributed by atoms with Gasteiger partial charge in [0.2, 0.25) is 0 Å². The minimum Gasteiger partial charge on any atom is -0.370 e. The van der Waals surface area contributed by atoms with Crippen LogP contribution in [-0.4, -0.2) is 37.7 Å². The molecular weight excluding hydrogens is 367 g/mol. The number of alkyl halides is 3. The highest BCUT2D eigenvalue weighted by molar-refractivity contribution is 7.86. The van der Waals surface area contributed by atoms with Crippen molar-refractivity contribution in [2.24, 2.45) is 0 Å². The number of hydrogen-bond acceptors (Lipinski definition) is 5. The quantitative estimate of drug-likeness (QED) is 0.529. The molecule has 138 valence electrons. The lowest BCUT2D eigenvalue weighted by atomic mass is 9.80. The SMILES string of the molecule is Cc1cc2c(s1)CCO[C@@]21CCN[C@@H](C)C1.O=S(=O)(O)C(F)(F)F. The first kappa shape index (κ1) is 19.6. The van der Waals surface area contributed by atoms with Crippen LogP contribution in [0.2, 0.25) is 0 Å². The van der Waals surface area contributed by atoms with E-state index in [2.05, 4.69) is 25.2 Å². The van der Waals surface area contributed by atoms with E-state index in [1.807, 2.05) is 11.3 Å².